The van der Waals surface area contributed by atoms with E-state index in [1.54, 1.807) is 0 Å². The highest BCUT2D eigenvalue weighted by molar-refractivity contribution is 6.32. The smallest absolute Gasteiger partial charge is 0.387 e. The maximum absolute atomic E-state index is 12.2. The standard InChI is InChI=1S/C14H19ClF2N2O3/c1-2-9(5-6-20)8-18-14(21)19-10-3-4-11(15)12(7-10)22-13(16)17/h3-4,7,9,13,20H,2,5-6,8H2,1H3,(H2,18,19,21). The molecule has 0 saturated heterocycles. The normalized spacial score (nSPS) is 12.1. The van der Waals surface area contributed by atoms with Gasteiger partial charge in [-0.15, -0.1) is 0 Å². The fraction of sp³-hybridized carbons (Fsp3) is 0.500. The first kappa shape index (κ1) is 18.4. The molecule has 0 spiro atoms. The number of hydrogen-bond acceptors (Lipinski definition) is 3. The molecule has 3 N–H and O–H groups in total. The van der Waals surface area contributed by atoms with E-state index in [0.29, 0.717) is 13.0 Å². The van der Waals surface area contributed by atoms with Crippen LogP contribution in [0.2, 0.25) is 5.02 Å². The summed E-state index contributed by atoms with van der Waals surface area (Å²) >= 11 is 5.72. The van der Waals surface area contributed by atoms with Gasteiger partial charge in [-0.25, -0.2) is 4.79 Å². The Labute approximate surface area is 132 Å². The van der Waals surface area contributed by atoms with Gasteiger partial charge in [-0.05, 0) is 24.5 Å². The quantitative estimate of drug-likeness (QED) is 0.680. The number of aliphatic hydroxyl groups is 1. The van der Waals surface area contributed by atoms with Crippen molar-refractivity contribution in [3.05, 3.63) is 23.2 Å². The number of rotatable bonds is 8. The Kier molecular flexibility index (Phi) is 7.90. The van der Waals surface area contributed by atoms with Crippen LogP contribution in [0.4, 0.5) is 19.3 Å². The Morgan fingerprint density at radius 1 is 1.45 bits per heavy atom. The predicted octanol–water partition coefficient (Wildman–Crippen LogP) is 3.47. The molecule has 0 bridgehead atoms. The lowest BCUT2D eigenvalue weighted by Crippen LogP contribution is -2.33. The van der Waals surface area contributed by atoms with E-state index in [1.165, 1.54) is 18.2 Å². The lowest BCUT2D eigenvalue weighted by atomic mass is 10.0. The number of benzene rings is 1. The highest BCUT2D eigenvalue weighted by Crippen LogP contribution is 2.29. The van der Waals surface area contributed by atoms with Crippen LogP contribution < -0.4 is 15.4 Å². The van der Waals surface area contributed by atoms with Crippen LogP contribution in [-0.2, 0) is 0 Å². The van der Waals surface area contributed by atoms with Gasteiger partial charge in [0.2, 0.25) is 0 Å². The second kappa shape index (κ2) is 9.42. The van der Waals surface area contributed by atoms with Gasteiger partial charge >= 0.3 is 12.6 Å². The van der Waals surface area contributed by atoms with Crippen molar-refractivity contribution < 1.29 is 23.4 Å². The molecule has 8 heteroatoms. The van der Waals surface area contributed by atoms with E-state index in [1.807, 2.05) is 6.92 Å². The van der Waals surface area contributed by atoms with E-state index < -0.39 is 12.6 Å². The number of hydrogen-bond donors (Lipinski definition) is 3. The first-order chi connectivity index (χ1) is 10.5. The molecule has 0 radical (unpaired) electrons. The minimum Gasteiger partial charge on any atom is -0.433 e. The molecule has 22 heavy (non-hydrogen) atoms. The lowest BCUT2D eigenvalue weighted by molar-refractivity contribution is -0.0497. The van der Waals surface area contributed by atoms with Crippen LogP contribution in [0.5, 0.6) is 5.75 Å². The van der Waals surface area contributed by atoms with Gasteiger partial charge in [0.1, 0.15) is 5.75 Å². The van der Waals surface area contributed by atoms with Crippen LogP contribution in [0.3, 0.4) is 0 Å². The minimum absolute atomic E-state index is 0.0280. The Bertz CT molecular complexity index is 489. The molecule has 0 aliphatic carbocycles. The third-order valence-electron chi connectivity index (χ3n) is 3.07. The zero-order valence-corrected chi connectivity index (χ0v) is 12.9. The second-order valence-corrected chi connectivity index (χ2v) is 5.05. The summed E-state index contributed by atoms with van der Waals surface area (Å²) in [5.74, 6) is -0.0279. The number of urea groups is 1. The number of alkyl halides is 2. The first-order valence-corrected chi connectivity index (χ1v) is 7.24. The maximum Gasteiger partial charge on any atom is 0.387 e. The van der Waals surface area contributed by atoms with Crippen LogP contribution in [0.15, 0.2) is 18.2 Å². The highest BCUT2D eigenvalue weighted by atomic mass is 35.5. The fourth-order valence-corrected chi connectivity index (χ4v) is 1.97. The van der Waals surface area contributed by atoms with Crippen molar-refractivity contribution in [1.29, 1.82) is 0 Å². The maximum atomic E-state index is 12.2. The summed E-state index contributed by atoms with van der Waals surface area (Å²) < 4.78 is 28.7. The van der Waals surface area contributed by atoms with Gasteiger partial charge in [0.25, 0.3) is 0 Å². The van der Waals surface area contributed by atoms with Crippen LogP contribution in [0.1, 0.15) is 19.8 Å². The van der Waals surface area contributed by atoms with Gasteiger partial charge in [-0.1, -0.05) is 24.9 Å². The van der Waals surface area contributed by atoms with Crippen molar-refractivity contribution in [3.8, 4) is 5.75 Å². The number of halogens is 3. The number of carbonyl (C=O) groups excluding carboxylic acids is 1. The summed E-state index contributed by atoms with van der Waals surface area (Å²) in [7, 11) is 0. The van der Waals surface area contributed by atoms with Crippen molar-refractivity contribution in [2.45, 2.75) is 26.4 Å². The molecule has 1 aromatic rings. The molecule has 1 rings (SSSR count). The molecule has 0 heterocycles. The molecular formula is C14H19ClF2N2O3. The molecule has 0 saturated carbocycles. The Morgan fingerprint density at radius 3 is 2.77 bits per heavy atom. The molecule has 124 valence electrons. The average Bonchev–Trinajstić information content (AvgIpc) is 2.46. The Morgan fingerprint density at radius 2 is 2.18 bits per heavy atom. The molecular weight excluding hydrogens is 318 g/mol. The zero-order valence-electron chi connectivity index (χ0n) is 12.1. The van der Waals surface area contributed by atoms with Gasteiger partial charge in [0.15, 0.2) is 0 Å². The summed E-state index contributed by atoms with van der Waals surface area (Å²) in [5.41, 5.74) is 0.285. The molecule has 5 nitrogen and oxygen atoms in total. The third kappa shape index (κ3) is 6.44. The third-order valence-corrected chi connectivity index (χ3v) is 3.38. The summed E-state index contributed by atoms with van der Waals surface area (Å²) in [6.45, 7) is -0.553. The zero-order chi connectivity index (χ0) is 16.5. The van der Waals surface area contributed by atoms with Crippen LogP contribution >= 0.6 is 11.6 Å². The van der Waals surface area contributed by atoms with Crippen LogP contribution in [0, 0.1) is 5.92 Å². The predicted molar refractivity (Wildman–Crippen MR) is 80.6 cm³/mol. The second-order valence-electron chi connectivity index (χ2n) is 4.65. The highest BCUT2D eigenvalue weighted by Gasteiger charge is 2.12. The number of amides is 2. The molecule has 0 aliphatic heterocycles. The topological polar surface area (TPSA) is 70.6 Å². The van der Waals surface area contributed by atoms with Crippen LogP contribution in [-0.4, -0.2) is 30.9 Å². The largest absolute Gasteiger partial charge is 0.433 e. The van der Waals surface area contributed by atoms with Crippen molar-refractivity contribution in [2.24, 2.45) is 5.92 Å². The van der Waals surface area contributed by atoms with Crippen molar-refractivity contribution >= 4 is 23.3 Å². The van der Waals surface area contributed by atoms with Gasteiger partial charge in [-0.3, -0.25) is 0 Å². The van der Waals surface area contributed by atoms with E-state index in [4.69, 9.17) is 16.7 Å². The molecule has 1 aromatic carbocycles. The number of aliphatic hydroxyl groups excluding tert-OH is 1. The molecule has 2 amide bonds. The Balaban J connectivity index is 2.57. The van der Waals surface area contributed by atoms with Gasteiger partial charge in [-0.2, -0.15) is 8.78 Å². The summed E-state index contributed by atoms with van der Waals surface area (Å²) in [6.07, 6.45) is 1.43. The van der Waals surface area contributed by atoms with Crippen LogP contribution in [0.25, 0.3) is 0 Å². The molecule has 0 aromatic heterocycles. The van der Waals surface area contributed by atoms with Gasteiger partial charge in [0.05, 0.1) is 5.02 Å². The SMILES string of the molecule is CCC(CCO)CNC(=O)Nc1ccc(Cl)c(OC(F)F)c1. The summed E-state index contributed by atoms with van der Waals surface area (Å²) in [4.78, 5) is 11.7. The molecule has 1 unspecified atom stereocenters. The molecule has 0 aliphatic rings. The van der Waals surface area contributed by atoms with Crippen molar-refractivity contribution in [1.82, 2.24) is 5.32 Å². The first-order valence-electron chi connectivity index (χ1n) is 6.86. The number of ether oxygens (including phenoxy) is 1. The average molecular weight is 337 g/mol. The monoisotopic (exact) mass is 336 g/mol. The van der Waals surface area contributed by atoms with Gasteiger partial charge < -0.3 is 20.5 Å². The summed E-state index contributed by atoms with van der Waals surface area (Å²) in [6, 6.07) is 3.58. The lowest BCUT2D eigenvalue weighted by Gasteiger charge is -2.15. The van der Waals surface area contributed by atoms with E-state index in [-0.39, 0.29) is 29.0 Å². The fourth-order valence-electron chi connectivity index (χ4n) is 1.81. The number of anilines is 1. The number of nitrogens with one attached hydrogen (secondary N) is 2. The minimum atomic E-state index is -3.00. The molecule has 0 fully saturated rings. The Hall–Kier alpha value is -1.60. The van der Waals surface area contributed by atoms with E-state index in [0.717, 1.165) is 6.42 Å². The number of carbonyl (C=O) groups is 1. The van der Waals surface area contributed by atoms with Crippen molar-refractivity contribution in [3.63, 3.8) is 0 Å². The van der Waals surface area contributed by atoms with E-state index in [9.17, 15) is 13.6 Å². The molecule has 1 atom stereocenters. The van der Waals surface area contributed by atoms with E-state index >= 15 is 0 Å². The summed E-state index contributed by atoms with van der Waals surface area (Å²) in [5, 5.41) is 14.1. The van der Waals surface area contributed by atoms with E-state index in [2.05, 4.69) is 15.4 Å². The van der Waals surface area contributed by atoms with Crippen molar-refractivity contribution in [2.75, 3.05) is 18.5 Å². The van der Waals surface area contributed by atoms with Gasteiger partial charge in [0, 0.05) is 24.9 Å².